The van der Waals surface area contributed by atoms with E-state index in [1.54, 1.807) is 10.4 Å². The molecular weight excluding hydrogens is 432 g/mol. The summed E-state index contributed by atoms with van der Waals surface area (Å²) in [6.07, 6.45) is 1.92. The summed E-state index contributed by atoms with van der Waals surface area (Å²) in [6.45, 7) is 3.18. The monoisotopic (exact) mass is 458 g/mol. The van der Waals surface area contributed by atoms with Crippen molar-refractivity contribution >= 4 is 37.3 Å². The van der Waals surface area contributed by atoms with Gasteiger partial charge in [0.1, 0.15) is 11.9 Å². The fraction of sp³-hybridized carbons (Fsp3) is 0.259. The second-order valence-corrected chi connectivity index (χ2v) is 10.7. The van der Waals surface area contributed by atoms with Gasteiger partial charge in [0.25, 0.3) is 10.0 Å². The third kappa shape index (κ3) is 3.54. The maximum atomic E-state index is 13.1. The van der Waals surface area contributed by atoms with Crippen molar-refractivity contribution in [1.29, 1.82) is 0 Å². The third-order valence-corrected chi connectivity index (χ3v) is 8.64. The average molecular weight is 459 g/mol. The first-order valence-electron chi connectivity index (χ1n) is 11.5. The molecule has 4 aromatic carbocycles. The van der Waals surface area contributed by atoms with Crippen molar-refractivity contribution in [2.24, 2.45) is 0 Å². The average Bonchev–Trinajstić information content (AvgIpc) is 3.36. The van der Waals surface area contributed by atoms with Crippen molar-refractivity contribution in [3.8, 4) is 5.75 Å². The molecule has 0 bridgehead atoms. The zero-order valence-electron chi connectivity index (χ0n) is 18.4. The van der Waals surface area contributed by atoms with Gasteiger partial charge in [0.05, 0.1) is 10.6 Å². The molecule has 5 nitrogen and oxygen atoms in total. The Labute approximate surface area is 194 Å². The molecule has 0 saturated carbocycles. The van der Waals surface area contributed by atoms with Crippen LogP contribution in [-0.4, -0.2) is 45.6 Å². The zero-order valence-corrected chi connectivity index (χ0v) is 19.2. The summed E-state index contributed by atoms with van der Waals surface area (Å²) in [5, 5.41) is 4.16. The van der Waals surface area contributed by atoms with Gasteiger partial charge in [-0.25, -0.2) is 8.42 Å². The second kappa shape index (κ2) is 8.04. The minimum absolute atomic E-state index is 0.157. The van der Waals surface area contributed by atoms with Crippen LogP contribution in [0.4, 0.5) is 5.69 Å². The van der Waals surface area contributed by atoms with E-state index in [-0.39, 0.29) is 6.10 Å². The van der Waals surface area contributed by atoms with Crippen LogP contribution >= 0.6 is 0 Å². The number of benzene rings is 4. The zero-order chi connectivity index (χ0) is 22.4. The van der Waals surface area contributed by atoms with Gasteiger partial charge in [-0.1, -0.05) is 60.7 Å². The Hall–Kier alpha value is -3.09. The van der Waals surface area contributed by atoms with Gasteiger partial charge in [0, 0.05) is 37.0 Å². The number of anilines is 1. The minimum atomic E-state index is -3.48. The number of nitrogens with zero attached hydrogens (tertiary/aromatic N) is 2. The Morgan fingerprint density at radius 3 is 2.52 bits per heavy atom. The fourth-order valence-corrected chi connectivity index (χ4v) is 6.96. The van der Waals surface area contributed by atoms with Crippen LogP contribution in [0.3, 0.4) is 0 Å². The van der Waals surface area contributed by atoms with E-state index >= 15 is 0 Å². The Balaban J connectivity index is 1.10. The van der Waals surface area contributed by atoms with E-state index in [2.05, 4.69) is 23.1 Å². The molecule has 2 heterocycles. The number of ether oxygens (including phenoxy) is 1. The largest absolute Gasteiger partial charge is 0.488 e. The Morgan fingerprint density at radius 1 is 0.848 bits per heavy atom. The van der Waals surface area contributed by atoms with E-state index < -0.39 is 10.0 Å². The van der Waals surface area contributed by atoms with Crippen LogP contribution in [0.15, 0.2) is 83.8 Å². The highest BCUT2D eigenvalue weighted by Crippen LogP contribution is 2.42. The van der Waals surface area contributed by atoms with E-state index in [4.69, 9.17) is 4.74 Å². The van der Waals surface area contributed by atoms with Crippen molar-refractivity contribution in [2.75, 3.05) is 30.5 Å². The lowest BCUT2D eigenvalue weighted by atomic mass is 10.1. The van der Waals surface area contributed by atoms with E-state index in [0.29, 0.717) is 11.4 Å². The molecule has 2 aliphatic rings. The van der Waals surface area contributed by atoms with Crippen LogP contribution in [-0.2, 0) is 10.0 Å². The molecule has 1 saturated heterocycles. The number of rotatable bonds is 6. The molecule has 4 aromatic rings. The summed E-state index contributed by atoms with van der Waals surface area (Å²) in [5.74, 6) is 0.939. The van der Waals surface area contributed by atoms with Crippen LogP contribution in [0.1, 0.15) is 12.8 Å². The molecule has 2 aliphatic heterocycles. The number of hydrogen-bond acceptors (Lipinski definition) is 4. The smallest absolute Gasteiger partial charge is 0.265 e. The SMILES string of the molecule is O=S1(=O)c2cccc3cccc(c23)N1CCCN1CCC(Oc2cccc3ccccc23)C1. The van der Waals surface area contributed by atoms with Gasteiger partial charge in [-0.3, -0.25) is 9.21 Å². The normalized spacial score (nSPS) is 19.5. The molecule has 0 N–H and O–H groups in total. The van der Waals surface area contributed by atoms with Crippen LogP contribution in [0.25, 0.3) is 21.5 Å². The molecule has 0 radical (unpaired) electrons. The van der Waals surface area contributed by atoms with E-state index in [9.17, 15) is 8.42 Å². The molecule has 168 valence electrons. The predicted molar refractivity (Wildman–Crippen MR) is 133 cm³/mol. The summed E-state index contributed by atoms with van der Waals surface area (Å²) < 4.78 is 34.2. The van der Waals surface area contributed by atoms with Gasteiger partial charge in [0.2, 0.25) is 0 Å². The van der Waals surface area contributed by atoms with Gasteiger partial charge >= 0.3 is 0 Å². The predicted octanol–water partition coefficient (Wildman–Crippen LogP) is 5.05. The first-order valence-corrected chi connectivity index (χ1v) is 13.0. The van der Waals surface area contributed by atoms with E-state index in [1.807, 2.05) is 54.6 Å². The maximum Gasteiger partial charge on any atom is 0.265 e. The molecule has 6 rings (SSSR count). The maximum absolute atomic E-state index is 13.1. The molecule has 0 aliphatic carbocycles. The molecule has 6 heteroatoms. The molecule has 1 unspecified atom stereocenters. The number of fused-ring (bicyclic) bond motifs is 1. The van der Waals surface area contributed by atoms with E-state index in [0.717, 1.165) is 60.1 Å². The Kier molecular flexibility index (Phi) is 5.00. The van der Waals surface area contributed by atoms with Crippen LogP contribution in [0.2, 0.25) is 0 Å². The van der Waals surface area contributed by atoms with Crippen LogP contribution in [0, 0.1) is 0 Å². The van der Waals surface area contributed by atoms with E-state index in [1.165, 1.54) is 5.39 Å². The van der Waals surface area contributed by atoms with Gasteiger partial charge in [-0.05, 0) is 41.8 Å². The number of likely N-dealkylation sites (tertiary alicyclic amines) is 1. The highest BCUT2D eigenvalue weighted by atomic mass is 32.2. The van der Waals surface area contributed by atoms with Gasteiger partial charge in [-0.2, -0.15) is 0 Å². The highest BCUT2D eigenvalue weighted by molar-refractivity contribution is 7.93. The summed E-state index contributed by atoms with van der Waals surface area (Å²) >= 11 is 0. The second-order valence-electron chi connectivity index (χ2n) is 8.87. The van der Waals surface area contributed by atoms with Crippen LogP contribution < -0.4 is 9.04 Å². The summed E-state index contributed by atoms with van der Waals surface area (Å²) in [6, 6.07) is 25.8. The minimum Gasteiger partial charge on any atom is -0.488 e. The summed E-state index contributed by atoms with van der Waals surface area (Å²) in [5.41, 5.74) is 0.807. The Morgan fingerprint density at radius 2 is 1.61 bits per heavy atom. The molecule has 0 amide bonds. The standard InChI is InChI=1S/C27H26N2O3S/c30-33(31)26-14-5-10-21-9-3-12-24(27(21)26)29(33)17-6-16-28-18-15-22(19-28)32-25-13-4-8-20-7-1-2-11-23(20)25/h1-5,7-14,22H,6,15-19H2. The Bertz CT molecular complexity index is 1440. The van der Waals surface area contributed by atoms with Crippen molar-refractivity contribution in [2.45, 2.75) is 23.8 Å². The lowest BCUT2D eigenvalue weighted by Gasteiger charge is -2.21. The fourth-order valence-electron chi connectivity index (χ4n) is 5.21. The molecule has 33 heavy (non-hydrogen) atoms. The number of sulfonamides is 1. The number of hydrogen-bond donors (Lipinski definition) is 0. The van der Waals surface area contributed by atoms with Crippen molar-refractivity contribution < 1.29 is 13.2 Å². The lowest BCUT2D eigenvalue weighted by Crippen LogP contribution is -2.32. The summed E-state index contributed by atoms with van der Waals surface area (Å²) in [7, 11) is -3.48. The molecule has 0 aromatic heterocycles. The van der Waals surface area contributed by atoms with Gasteiger partial charge in [-0.15, -0.1) is 0 Å². The van der Waals surface area contributed by atoms with Crippen molar-refractivity contribution in [3.63, 3.8) is 0 Å². The molecule has 1 atom stereocenters. The first-order chi connectivity index (χ1) is 16.1. The topological polar surface area (TPSA) is 49.9 Å². The van der Waals surface area contributed by atoms with Gasteiger partial charge in [0.15, 0.2) is 0 Å². The third-order valence-electron chi connectivity index (χ3n) is 6.79. The molecule has 1 fully saturated rings. The van der Waals surface area contributed by atoms with Gasteiger partial charge < -0.3 is 4.74 Å². The first kappa shape index (κ1) is 20.5. The van der Waals surface area contributed by atoms with Crippen LogP contribution in [0.5, 0.6) is 5.75 Å². The summed E-state index contributed by atoms with van der Waals surface area (Å²) in [4.78, 5) is 2.81. The van der Waals surface area contributed by atoms with Crippen molar-refractivity contribution in [3.05, 3.63) is 78.9 Å². The molecular formula is C27H26N2O3S. The molecule has 0 spiro atoms. The quantitative estimate of drug-likeness (QED) is 0.406. The van der Waals surface area contributed by atoms with Crippen molar-refractivity contribution in [1.82, 2.24) is 4.90 Å². The lowest BCUT2D eigenvalue weighted by molar-refractivity contribution is 0.202. The highest BCUT2D eigenvalue weighted by Gasteiger charge is 2.35.